The summed E-state index contributed by atoms with van der Waals surface area (Å²) in [6.07, 6.45) is 0. The molecule has 0 aliphatic carbocycles. The maximum Gasteiger partial charge on any atom is 0.362 e. The van der Waals surface area contributed by atoms with Crippen molar-refractivity contribution in [3.05, 3.63) is 71.7 Å². The van der Waals surface area contributed by atoms with Crippen molar-refractivity contribution in [3.63, 3.8) is 0 Å². The standard InChI is InChI=1S/C19H14F3N3O4/c1-28-17(26)14-16(29-15(23-14)12-9-5-6-10-13(12)20)24-25-18(27)19(21,22)11-7-3-2-4-8-11/h2-10,24H,1H3,(H,25,27). The van der Waals surface area contributed by atoms with Crippen LogP contribution in [0.15, 0.2) is 59.0 Å². The number of carbonyl (C=O) groups is 2. The Morgan fingerprint density at radius 3 is 2.38 bits per heavy atom. The number of hydrazine groups is 1. The highest BCUT2D eigenvalue weighted by molar-refractivity contribution is 5.93. The lowest BCUT2D eigenvalue weighted by Gasteiger charge is -2.16. The first kappa shape index (κ1) is 19.9. The van der Waals surface area contributed by atoms with Crippen molar-refractivity contribution in [3.8, 4) is 11.5 Å². The number of hydrogen-bond acceptors (Lipinski definition) is 6. The van der Waals surface area contributed by atoms with Gasteiger partial charge in [-0.3, -0.25) is 15.6 Å². The lowest BCUT2D eigenvalue weighted by molar-refractivity contribution is -0.146. The topological polar surface area (TPSA) is 93.5 Å². The fourth-order valence-corrected chi connectivity index (χ4v) is 2.36. The molecule has 0 atom stereocenters. The second-order valence-electron chi connectivity index (χ2n) is 5.69. The molecule has 2 aromatic carbocycles. The van der Waals surface area contributed by atoms with Crippen molar-refractivity contribution < 1.29 is 31.9 Å². The Labute approximate surface area is 162 Å². The van der Waals surface area contributed by atoms with Crippen LogP contribution in [0.25, 0.3) is 11.5 Å². The number of esters is 1. The molecule has 0 fully saturated rings. The van der Waals surface area contributed by atoms with Gasteiger partial charge in [0.1, 0.15) is 5.82 Å². The molecule has 0 unspecified atom stereocenters. The third-order valence-corrected chi connectivity index (χ3v) is 3.82. The van der Waals surface area contributed by atoms with Crippen LogP contribution in [0.4, 0.5) is 19.1 Å². The molecule has 0 aliphatic heterocycles. The molecule has 29 heavy (non-hydrogen) atoms. The monoisotopic (exact) mass is 405 g/mol. The first-order valence-electron chi connectivity index (χ1n) is 8.18. The van der Waals surface area contributed by atoms with Gasteiger partial charge >= 0.3 is 17.8 Å². The van der Waals surface area contributed by atoms with E-state index in [0.717, 1.165) is 25.3 Å². The zero-order chi connectivity index (χ0) is 21.0. The molecule has 150 valence electrons. The van der Waals surface area contributed by atoms with Crippen molar-refractivity contribution in [1.29, 1.82) is 0 Å². The molecule has 3 aromatic rings. The number of nitrogens with zero attached hydrogens (tertiary/aromatic N) is 1. The van der Waals surface area contributed by atoms with E-state index in [1.54, 1.807) is 5.43 Å². The second-order valence-corrected chi connectivity index (χ2v) is 5.69. The number of ether oxygens (including phenoxy) is 1. The number of anilines is 1. The minimum absolute atomic E-state index is 0.0772. The average molecular weight is 405 g/mol. The molecule has 0 spiro atoms. The van der Waals surface area contributed by atoms with Gasteiger partial charge in [0.25, 0.3) is 0 Å². The Morgan fingerprint density at radius 2 is 1.72 bits per heavy atom. The van der Waals surface area contributed by atoms with E-state index < -0.39 is 40.8 Å². The quantitative estimate of drug-likeness (QED) is 0.482. The number of carbonyl (C=O) groups excluding carboxylic acids is 2. The number of oxazole rings is 1. The van der Waals surface area contributed by atoms with Gasteiger partial charge in [-0.2, -0.15) is 13.8 Å². The van der Waals surface area contributed by atoms with E-state index in [-0.39, 0.29) is 11.5 Å². The van der Waals surface area contributed by atoms with Gasteiger partial charge in [0, 0.05) is 5.56 Å². The number of halogens is 3. The van der Waals surface area contributed by atoms with Gasteiger partial charge in [0.2, 0.25) is 17.5 Å². The van der Waals surface area contributed by atoms with Crippen molar-refractivity contribution in [2.75, 3.05) is 12.5 Å². The Hall–Kier alpha value is -3.82. The van der Waals surface area contributed by atoms with Gasteiger partial charge in [-0.05, 0) is 12.1 Å². The summed E-state index contributed by atoms with van der Waals surface area (Å²) in [5, 5.41) is 0. The molecule has 1 amide bonds. The zero-order valence-corrected chi connectivity index (χ0v) is 14.9. The molecule has 7 nitrogen and oxygen atoms in total. The second kappa shape index (κ2) is 8.05. The minimum atomic E-state index is -3.87. The largest absolute Gasteiger partial charge is 0.464 e. The average Bonchev–Trinajstić information content (AvgIpc) is 3.16. The molecule has 1 aromatic heterocycles. The molecule has 3 rings (SSSR count). The Bertz CT molecular complexity index is 1040. The van der Waals surface area contributed by atoms with Crippen LogP contribution in [-0.4, -0.2) is 24.0 Å². The van der Waals surface area contributed by atoms with E-state index >= 15 is 0 Å². The molecule has 1 heterocycles. The van der Waals surface area contributed by atoms with Crippen molar-refractivity contribution in [2.45, 2.75) is 5.92 Å². The molecule has 2 N–H and O–H groups in total. The molecule has 10 heteroatoms. The van der Waals surface area contributed by atoms with E-state index in [4.69, 9.17) is 4.42 Å². The van der Waals surface area contributed by atoms with Gasteiger partial charge in [0.05, 0.1) is 12.7 Å². The number of aromatic nitrogens is 1. The molecule has 0 aliphatic rings. The summed E-state index contributed by atoms with van der Waals surface area (Å²) in [4.78, 5) is 27.7. The molecule has 0 radical (unpaired) electrons. The fourth-order valence-electron chi connectivity index (χ4n) is 2.36. The number of nitrogens with one attached hydrogen (secondary N) is 2. The van der Waals surface area contributed by atoms with Gasteiger partial charge in [0.15, 0.2) is 0 Å². The highest BCUT2D eigenvalue weighted by Crippen LogP contribution is 2.29. The molecule has 0 saturated heterocycles. The summed E-state index contributed by atoms with van der Waals surface area (Å²) in [6.45, 7) is 0. The first-order chi connectivity index (χ1) is 13.8. The lowest BCUT2D eigenvalue weighted by Crippen LogP contribution is -2.41. The van der Waals surface area contributed by atoms with Crippen LogP contribution in [0.2, 0.25) is 0 Å². The zero-order valence-electron chi connectivity index (χ0n) is 14.9. The number of amides is 1. The highest BCUT2D eigenvalue weighted by Gasteiger charge is 2.41. The van der Waals surface area contributed by atoms with Gasteiger partial charge in [-0.25, -0.2) is 9.18 Å². The van der Waals surface area contributed by atoms with Gasteiger partial charge < -0.3 is 9.15 Å². The van der Waals surface area contributed by atoms with E-state index in [2.05, 4.69) is 15.1 Å². The van der Waals surface area contributed by atoms with Crippen LogP contribution < -0.4 is 10.9 Å². The molecular weight excluding hydrogens is 391 g/mol. The van der Waals surface area contributed by atoms with Crippen LogP contribution in [0.3, 0.4) is 0 Å². The summed E-state index contributed by atoms with van der Waals surface area (Å²) in [7, 11) is 1.06. The summed E-state index contributed by atoms with van der Waals surface area (Å²) in [5.74, 6) is -8.04. The Balaban J connectivity index is 1.86. The van der Waals surface area contributed by atoms with E-state index in [1.165, 1.54) is 36.4 Å². The van der Waals surface area contributed by atoms with Crippen molar-refractivity contribution in [1.82, 2.24) is 10.4 Å². The van der Waals surface area contributed by atoms with Crippen molar-refractivity contribution >= 4 is 17.8 Å². The number of rotatable bonds is 6. The van der Waals surface area contributed by atoms with Crippen LogP contribution in [-0.2, 0) is 15.5 Å². The number of alkyl halides is 2. The van der Waals surface area contributed by atoms with Crippen LogP contribution in [0.5, 0.6) is 0 Å². The first-order valence-corrected chi connectivity index (χ1v) is 8.18. The third kappa shape index (κ3) is 4.05. The SMILES string of the molecule is COC(=O)c1nc(-c2ccccc2F)oc1NNC(=O)C(F)(F)c1ccccc1. The Kier molecular flexibility index (Phi) is 5.53. The predicted molar refractivity (Wildman–Crippen MR) is 95.3 cm³/mol. The van der Waals surface area contributed by atoms with Crippen molar-refractivity contribution in [2.24, 2.45) is 0 Å². The van der Waals surface area contributed by atoms with Crippen LogP contribution >= 0.6 is 0 Å². The maximum atomic E-state index is 14.3. The summed E-state index contributed by atoms with van der Waals surface area (Å²) < 4.78 is 52.3. The minimum Gasteiger partial charge on any atom is -0.464 e. The number of benzene rings is 2. The lowest BCUT2D eigenvalue weighted by atomic mass is 10.1. The van der Waals surface area contributed by atoms with E-state index in [9.17, 15) is 22.8 Å². The van der Waals surface area contributed by atoms with Crippen LogP contribution in [0.1, 0.15) is 16.1 Å². The number of methoxy groups -OCH3 is 1. The Morgan fingerprint density at radius 1 is 1.07 bits per heavy atom. The smallest absolute Gasteiger partial charge is 0.362 e. The van der Waals surface area contributed by atoms with Gasteiger partial charge in [-0.1, -0.05) is 42.5 Å². The summed E-state index contributed by atoms with van der Waals surface area (Å²) in [5.41, 5.74) is 2.77. The normalized spacial score (nSPS) is 11.0. The highest BCUT2D eigenvalue weighted by atomic mass is 19.3. The fraction of sp³-hybridized carbons (Fsp3) is 0.105. The molecule has 0 bridgehead atoms. The predicted octanol–water partition coefficient (Wildman–Crippen LogP) is 3.50. The van der Waals surface area contributed by atoms with E-state index in [1.807, 2.05) is 0 Å². The molecular formula is C19H14F3N3O4. The van der Waals surface area contributed by atoms with E-state index in [0.29, 0.717) is 0 Å². The van der Waals surface area contributed by atoms with Crippen LogP contribution in [0, 0.1) is 5.82 Å². The summed E-state index contributed by atoms with van der Waals surface area (Å²) in [6, 6.07) is 11.9. The third-order valence-electron chi connectivity index (χ3n) is 3.82. The van der Waals surface area contributed by atoms with Gasteiger partial charge in [-0.15, -0.1) is 0 Å². The molecule has 0 saturated carbocycles. The summed E-state index contributed by atoms with van der Waals surface area (Å²) >= 11 is 0. The number of hydrogen-bond donors (Lipinski definition) is 2. The maximum absolute atomic E-state index is 14.3.